The molecular formula is C31H34F3N3O5S. The van der Waals surface area contributed by atoms with Gasteiger partial charge in [0.1, 0.15) is 5.75 Å². The second-order valence-corrected chi connectivity index (χ2v) is 13.6. The number of hydrogen-bond donors (Lipinski definition) is 1. The van der Waals surface area contributed by atoms with Crippen LogP contribution in [0.2, 0.25) is 0 Å². The molecule has 1 saturated heterocycles. The van der Waals surface area contributed by atoms with Gasteiger partial charge in [-0.15, -0.1) is 0 Å². The van der Waals surface area contributed by atoms with Crippen molar-refractivity contribution < 1.29 is 35.9 Å². The Morgan fingerprint density at radius 3 is 2.09 bits per heavy atom. The van der Waals surface area contributed by atoms with Gasteiger partial charge >= 0.3 is 6.18 Å². The van der Waals surface area contributed by atoms with Crippen LogP contribution < -0.4 is 14.4 Å². The van der Waals surface area contributed by atoms with Crippen LogP contribution in [-0.2, 0) is 16.2 Å². The van der Waals surface area contributed by atoms with Crippen LogP contribution in [0.3, 0.4) is 0 Å². The Balaban J connectivity index is 1.47. The molecule has 0 unspecified atom stereocenters. The quantitative estimate of drug-likeness (QED) is 0.372. The van der Waals surface area contributed by atoms with E-state index in [9.17, 15) is 31.2 Å². The van der Waals surface area contributed by atoms with Gasteiger partial charge in [-0.25, -0.2) is 13.1 Å². The minimum atomic E-state index is -4.64. The minimum Gasteiger partial charge on any atom is -0.494 e. The van der Waals surface area contributed by atoms with E-state index < -0.39 is 38.3 Å². The number of sulfonamides is 1. The molecule has 43 heavy (non-hydrogen) atoms. The van der Waals surface area contributed by atoms with E-state index in [0.29, 0.717) is 31.0 Å². The fourth-order valence-electron chi connectivity index (χ4n) is 4.52. The van der Waals surface area contributed by atoms with Crippen molar-refractivity contribution in [2.45, 2.75) is 38.6 Å². The molecule has 0 saturated carbocycles. The van der Waals surface area contributed by atoms with Crippen molar-refractivity contribution in [3.05, 3.63) is 83.4 Å². The fraction of sp³-hybridized carbons (Fsp3) is 0.355. The Labute approximate surface area is 249 Å². The molecule has 0 aliphatic carbocycles. The molecule has 0 spiro atoms. The van der Waals surface area contributed by atoms with Gasteiger partial charge in [0.25, 0.3) is 11.8 Å². The highest BCUT2D eigenvalue weighted by Crippen LogP contribution is 2.35. The molecule has 1 aliphatic rings. The van der Waals surface area contributed by atoms with Crippen LogP contribution in [0.1, 0.15) is 54.0 Å². The Bertz CT molecular complexity index is 1590. The summed E-state index contributed by atoms with van der Waals surface area (Å²) in [7, 11) is -3.86. The number of anilines is 1. The number of carbonyl (C=O) groups is 2. The predicted molar refractivity (Wildman–Crippen MR) is 159 cm³/mol. The number of nitrogens with zero attached hydrogens (tertiary/aromatic N) is 2. The third kappa shape index (κ3) is 7.48. The average molecular weight is 618 g/mol. The van der Waals surface area contributed by atoms with Crippen LogP contribution in [0, 0.1) is 0 Å². The maximum Gasteiger partial charge on any atom is 0.416 e. The first-order valence-electron chi connectivity index (χ1n) is 13.8. The summed E-state index contributed by atoms with van der Waals surface area (Å²) in [5.74, 6) is -0.716. The maximum absolute atomic E-state index is 13.8. The van der Waals surface area contributed by atoms with Crippen LogP contribution in [0.4, 0.5) is 18.9 Å². The SMILES string of the molecule is CCOc1cccc(-c2cc(C(=O)N3CCN(c4ccc(C(=O)NS(=O)(=O)C(C)(C)C)cc4)CC3)cc(C(F)(F)F)c2)c1. The van der Waals surface area contributed by atoms with Gasteiger partial charge in [0.05, 0.1) is 16.9 Å². The lowest BCUT2D eigenvalue weighted by molar-refractivity contribution is -0.137. The Morgan fingerprint density at radius 2 is 1.51 bits per heavy atom. The predicted octanol–water partition coefficient (Wildman–Crippen LogP) is 5.59. The summed E-state index contributed by atoms with van der Waals surface area (Å²) in [6.45, 7) is 8.06. The minimum absolute atomic E-state index is 0.0549. The van der Waals surface area contributed by atoms with Crippen molar-refractivity contribution in [3.63, 3.8) is 0 Å². The van der Waals surface area contributed by atoms with Gasteiger partial charge in [-0.3, -0.25) is 9.59 Å². The van der Waals surface area contributed by atoms with E-state index in [4.69, 9.17) is 4.74 Å². The van der Waals surface area contributed by atoms with Crippen LogP contribution in [0.25, 0.3) is 11.1 Å². The molecule has 12 heteroatoms. The van der Waals surface area contributed by atoms with Crippen LogP contribution in [0.15, 0.2) is 66.7 Å². The maximum atomic E-state index is 13.8. The van der Waals surface area contributed by atoms with Gasteiger partial charge < -0.3 is 14.5 Å². The van der Waals surface area contributed by atoms with Crippen molar-refractivity contribution in [3.8, 4) is 16.9 Å². The van der Waals surface area contributed by atoms with Crippen molar-refractivity contribution in [1.82, 2.24) is 9.62 Å². The summed E-state index contributed by atoms with van der Waals surface area (Å²) in [5.41, 5.74) is 0.742. The lowest BCUT2D eigenvalue weighted by atomic mass is 9.98. The zero-order valence-electron chi connectivity index (χ0n) is 24.4. The summed E-state index contributed by atoms with van der Waals surface area (Å²) in [6, 6.07) is 16.5. The molecule has 4 rings (SSSR count). The van der Waals surface area contributed by atoms with Crippen LogP contribution in [0.5, 0.6) is 5.75 Å². The topological polar surface area (TPSA) is 96.0 Å². The average Bonchev–Trinajstić information content (AvgIpc) is 2.96. The largest absolute Gasteiger partial charge is 0.494 e. The zero-order valence-corrected chi connectivity index (χ0v) is 25.2. The van der Waals surface area contributed by atoms with Gasteiger partial charge in [0.15, 0.2) is 0 Å². The molecule has 1 N–H and O–H groups in total. The third-order valence-corrected chi connectivity index (χ3v) is 9.15. The number of halogens is 3. The van der Waals surface area contributed by atoms with Crippen molar-refractivity contribution in [2.24, 2.45) is 0 Å². The number of alkyl halides is 3. The van der Waals surface area contributed by atoms with Crippen molar-refractivity contribution >= 4 is 27.5 Å². The zero-order chi connectivity index (χ0) is 31.6. The lowest BCUT2D eigenvalue weighted by Crippen LogP contribution is -2.48. The number of piperazine rings is 1. The second kappa shape index (κ2) is 12.3. The summed E-state index contributed by atoms with van der Waals surface area (Å²) < 4.78 is 72.4. The van der Waals surface area contributed by atoms with E-state index in [2.05, 4.69) is 4.72 Å². The molecule has 8 nitrogen and oxygen atoms in total. The Kier molecular flexibility index (Phi) is 9.10. The molecule has 1 fully saturated rings. The third-order valence-electron chi connectivity index (χ3n) is 7.08. The molecule has 0 atom stereocenters. The number of benzene rings is 3. The molecule has 3 aromatic rings. The van der Waals surface area contributed by atoms with E-state index in [-0.39, 0.29) is 29.8 Å². The summed E-state index contributed by atoms with van der Waals surface area (Å²) >= 11 is 0. The van der Waals surface area contributed by atoms with E-state index in [0.717, 1.165) is 17.8 Å². The molecular weight excluding hydrogens is 583 g/mol. The molecule has 1 heterocycles. The number of hydrogen-bond acceptors (Lipinski definition) is 6. The van der Waals surface area contributed by atoms with Gasteiger partial charge in [-0.05, 0) is 93.4 Å². The number of carbonyl (C=O) groups excluding carboxylic acids is 2. The summed E-state index contributed by atoms with van der Waals surface area (Å²) in [5, 5.41) is 0. The molecule has 0 aromatic heterocycles. The van der Waals surface area contributed by atoms with Crippen molar-refractivity contribution in [2.75, 3.05) is 37.7 Å². The fourth-order valence-corrected chi connectivity index (χ4v) is 5.19. The first kappa shape index (κ1) is 31.9. The van der Waals surface area contributed by atoms with Crippen molar-refractivity contribution in [1.29, 1.82) is 0 Å². The summed E-state index contributed by atoms with van der Waals surface area (Å²) in [6.07, 6.45) is -4.64. The van der Waals surface area contributed by atoms with Gasteiger partial charge in [-0.2, -0.15) is 13.2 Å². The molecule has 230 valence electrons. The number of rotatable bonds is 7. The van der Waals surface area contributed by atoms with E-state index in [1.54, 1.807) is 36.4 Å². The monoisotopic (exact) mass is 617 g/mol. The highest BCUT2D eigenvalue weighted by Gasteiger charge is 2.33. The second-order valence-electron chi connectivity index (χ2n) is 11.1. The smallest absolute Gasteiger partial charge is 0.416 e. The van der Waals surface area contributed by atoms with Crippen LogP contribution in [-0.4, -0.2) is 62.7 Å². The molecule has 0 bridgehead atoms. The first-order chi connectivity index (χ1) is 20.1. The van der Waals surface area contributed by atoms with Gasteiger partial charge in [0.2, 0.25) is 10.0 Å². The summed E-state index contributed by atoms with van der Waals surface area (Å²) in [4.78, 5) is 29.4. The van der Waals surface area contributed by atoms with E-state index >= 15 is 0 Å². The van der Waals surface area contributed by atoms with Crippen LogP contribution >= 0.6 is 0 Å². The molecule has 2 amide bonds. The lowest BCUT2D eigenvalue weighted by Gasteiger charge is -2.36. The van der Waals surface area contributed by atoms with E-state index in [1.165, 1.54) is 43.9 Å². The number of ether oxygens (including phenoxy) is 1. The highest BCUT2D eigenvalue weighted by molar-refractivity contribution is 7.91. The number of nitrogens with one attached hydrogen (secondary N) is 1. The number of amides is 2. The standard InChI is InChI=1S/C31H34F3N3O5S/c1-5-42-27-8-6-7-22(20-27)23-17-24(19-25(18-23)31(32,33)34)29(39)37-15-13-36(14-16-37)26-11-9-21(10-12-26)28(38)35-43(40,41)30(2,3)4/h6-12,17-20H,5,13-16H2,1-4H3,(H,35,38). The Hall–Kier alpha value is -4.06. The van der Waals surface area contributed by atoms with E-state index in [1.807, 2.05) is 11.8 Å². The molecule has 1 aliphatic heterocycles. The molecule has 3 aromatic carbocycles. The normalized spacial score (nSPS) is 14.4. The first-order valence-corrected chi connectivity index (χ1v) is 15.2. The van der Waals surface area contributed by atoms with Gasteiger partial charge in [-0.1, -0.05) is 12.1 Å². The van der Waals surface area contributed by atoms with Gasteiger partial charge in [0, 0.05) is 43.0 Å². The molecule has 0 radical (unpaired) electrons. The Morgan fingerprint density at radius 1 is 0.860 bits per heavy atom. The highest BCUT2D eigenvalue weighted by atomic mass is 32.2.